The van der Waals surface area contributed by atoms with Crippen LogP contribution in [0.3, 0.4) is 0 Å². The van der Waals surface area contributed by atoms with Crippen molar-refractivity contribution in [2.45, 2.75) is 6.61 Å². The molecule has 1 N–H and O–H groups in total. The van der Waals surface area contributed by atoms with Gasteiger partial charge in [-0.3, -0.25) is 0 Å². The summed E-state index contributed by atoms with van der Waals surface area (Å²) in [5.41, 5.74) is 0. The summed E-state index contributed by atoms with van der Waals surface area (Å²) in [5.74, 6) is 2.28. The van der Waals surface area contributed by atoms with Crippen molar-refractivity contribution >= 4 is 5.82 Å². The van der Waals surface area contributed by atoms with Crippen LogP contribution in [0.25, 0.3) is 0 Å². The quantitative estimate of drug-likeness (QED) is 0.848. The summed E-state index contributed by atoms with van der Waals surface area (Å²) < 4.78 is 5.54. The summed E-state index contributed by atoms with van der Waals surface area (Å²) in [4.78, 5) is 8.39. The van der Waals surface area contributed by atoms with Crippen LogP contribution in [-0.2, 0) is 6.61 Å². The van der Waals surface area contributed by atoms with Crippen LogP contribution in [0.5, 0.6) is 5.75 Å². The number of hydrogen-bond acceptors (Lipinski definition) is 4. The van der Waals surface area contributed by atoms with Gasteiger partial charge in [0.2, 0.25) is 0 Å². The smallest absolute Gasteiger partial charge is 0.168 e. The van der Waals surface area contributed by atoms with E-state index in [0.717, 1.165) is 11.6 Å². The normalized spacial score (nSPS) is 9.81. The molecule has 0 saturated heterocycles. The molecule has 0 radical (unpaired) electrons. The Morgan fingerprint density at radius 3 is 2.75 bits per heavy atom. The molecule has 1 aromatic carbocycles. The first kappa shape index (κ1) is 10.4. The lowest BCUT2D eigenvalue weighted by atomic mass is 10.3. The van der Waals surface area contributed by atoms with Crippen LogP contribution in [0.2, 0.25) is 0 Å². The second kappa shape index (κ2) is 5.11. The van der Waals surface area contributed by atoms with Crippen molar-refractivity contribution in [1.82, 2.24) is 9.97 Å². The third kappa shape index (κ3) is 2.70. The van der Waals surface area contributed by atoms with Crippen molar-refractivity contribution in [3.63, 3.8) is 0 Å². The van der Waals surface area contributed by atoms with E-state index < -0.39 is 0 Å². The molecule has 2 rings (SSSR count). The Labute approximate surface area is 94.3 Å². The highest BCUT2D eigenvalue weighted by Gasteiger charge is 1.99. The number of nitrogens with zero attached hydrogens (tertiary/aromatic N) is 2. The molecule has 0 aliphatic rings. The molecule has 0 amide bonds. The first-order valence-electron chi connectivity index (χ1n) is 5.06. The lowest BCUT2D eigenvalue weighted by Gasteiger charge is -2.05. The maximum atomic E-state index is 5.54. The van der Waals surface area contributed by atoms with E-state index in [1.807, 2.05) is 43.4 Å². The van der Waals surface area contributed by atoms with Gasteiger partial charge in [0.15, 0.2) is 5.82 Å². The van der Waals surface area contributed by atoms with E-state index in [1.54, 1.807) is 6.20 Å². The predicted molar refractivity (Wildman–Crippen MR) is 62.4 cm³/mol. The fourth-order valence-corrected chi connectivity index (χ4v) is 1.27. The van der Waals surface area contributed by atoms with Gasteiger partial charge in [0, 0.05) is 13.2 Å². The number of hydrogen-bond donors (Lipinski definition) is 1. The number of benzene rings is 1. The Bertz CT molecular complexity index is 445. The molecule has 0 spiro atoms. The maximum absolute atomic E-state index is 5.54. The van der Waals surface area contributed by atoms with Gasteiger partial charge in [-0.1, -0.05) is 18.2 Å². The van der Waals surface area contributed by atoms with Crippen LogP contribution in [0, 0.1) is 0 Å². The summed E-state index contributed by atoms with van der Waals surface area (Å²) >= 11 is 0. The summed E-state index contributed by atoms with van der Waals surface area (Å²) in [7, 11) is 1.82. The second-order valence-electron chi connectivity index (χ2n) is 3.21. The molecule has 0 unspecified atom stereocenters. The molecule has 2 aromatic rings. The largest absolute Gasteiger partial charge is 0.486 e. The van der Waals surface area contributed by atoms with Crippen LogP contribution < -0.4 is 10.1 Å². The summed E-state index contributed by atoms with van der Waals surface area (Å²) in [6, 6.07) is 11.4. The second-order valence-corrected chi connectivity index (χ2v) is 3.21. The molecule has 4 nitrogen and oxygen atoms in total. The summed E-state index contributed by atoms with van der Waals surface area (Å²) in [6.45, 7) is 0.375. The van der Waals surface area contributed by atoms with Gasteiger partial charge in [0.25, 0.3) is 0 Å². The Balaban J connectivity index is 1.99. The molecule has 0 aliphatic heterocycles. The number of para-hydroxylation sites is 1. The van der Waals surface area contributed by atoms with Gasteiger partial charge in [0.05, 0.1) is 0 Å². The van der Waals surface area contributed by atoms with Gasteiger partial charge in [0.1, 0.15) is 18.2 Å². The van der Waals surface area contributed by atoms with E-state index in [9.17, 15) is 0 Å². The molecular weight excluding hydrogens is 202 g/mol. The topological polar surface area (TPSA) is 47.0 Å². The lowest BCUT2D eigenvalue weighted by molar-refractivity contribution is 0.296. The van der Waals surface area contributed by atoms with Gasteiger partial charge in [-0.05, 0) is 18.2 Å². The Morgan fingerprint density at radius 1 is 1.19 bits per heavy atom. The predicted octanol–water partition coefficient (Wildman–Crippen LogP) is 2.10. The molecule has 16 heavy (non-hydrogen) atoms. The summed E-state index contributed by atoms with van der Waals surface area (Å²) in [6.07, 6.45) is 1.71. The van der Waals surface area contributed by atoms with Crippen molar-refractivity contribution < 1.29 is 4.74 Å². The molecular formula is C12H13N3O. The SMILES string of the molecule is CNc1ccnc(COc2ccccc2)n1. The Hall–Kier alpha value is -2.10. The molecule has 1 heterocycles. The van der Waals surface area contributed by atoms with Gasteiger partial charge in [-0.15, -0.1) is 0 Å². The molecule has 0 fully saturated rings. The fraction of sp³-hybridized carbons (Fsp3) is 0.167. The first-order chi connectivity index (χ1) is 7.88. The third-order valence-electron chi connectivity index (χ3n) is 2.07. The summed E-state index contributed by atoms with van der Waals surface area (Å²) in [5, 5.41) is 2.96. The van der Waals surface area contributed by atoms with Crippen LogP contribution in [0.1, 0.15) is 5.82 Å². The monoisotopic (exact) mass is 215 g/mol. The first-order valence-corrected chi connectivity index (χ1v) is 5.06. The minimum absolute atomic E-state index is 0.375. The van der Waals surface area contributed by atoms with E-state index in [-0.39, 0.29) is 0 Å². The van der Waals surface area contributed by atoms with Gasteiger partial charge >= 0.3 is 0 Å². The molecule has 0 atom stereocenters. The number of ether oxygens (including phenoxy) is 1. The van der Waals surface area contributed by atoms with Gasteiger partial charge in [-0.25, -0.2) is 9.97 Å². The van der Waals surface area contributed by atoms with Gasteiger partial charge < -0.3 is 10.1 Å². The van der Waals surface area contributed by atoms with E-state index >= 15 is 0 Å². The number of aromatic nitrogens is 2. The van der Waals surface area contributed by atoms with E-state index in [0.29, 0.717) is 12.4 Å². The lowest BCUT2D eigenvalue weighted by Crippen LogP contribution is -2.03. The average molecular weight is 215 g/mol. The minimum Gasteiger partial charge on any atom is -0.486 e. The molecule has 1 aromatic heterocycles. The minimum atomic E-state index is 0.375. The van der Waals surface area contributed by atoms with Crippen molar-refractivity contribution in [3.05, 3.63) is 48.4 Å². The van der Waals surface area contributed by atoms with Crippen LogP contribution >= 0.6 is 0 Å². The van der Waals surface area contributed by atoms with Crippen LogP contribution in [0.4, 0.5) is 5.82 Å². The van der Waals surface area contributed by atoms with E-state index in [4.69, 9.17) is 4.74 Å². The standard InChI is InChI=1S/C12H13N3O/c1-13-11-7-8-14-12(15-11)9-16-10-5-3-2-4-6-10/h2-8H,9H2,1H3,(H,13,14,15). The van der Waals surface area contributed by atoms with Crippen molar-refractivity contribution in [1.29, 1.82) is 0 Å². The molecule has 82 valence electrons. The Morgan fingerprint density at radius 2 is 2.00 bits per heavy atom. The zero-order chi connectivity index (χ0) is 11.2. The highest BCUT2D eigenvalue weighted by Crippen LogP contribution is 2.10. The highest BCUT2D eigenvalue weighted by atomic mass is 16.5. The zero-order valence-corrected chi connectivity index (χ0v) is 9.05. The van der Waals surface area contributed by atoms with E-state index in [1.165, 1.54) is 0 Å². The van der Waals surface area contributed by atoms with E-state index in [2.05, 4.69) is 15.3 Å². The van der Waals surface area contributed by atoms with Crippen molar-refractivity contribution in [2.75, 3.05) is 12.4 Å². The highest BCUT2D eigenvalue weighted by molar-refractivity contribution is 5.31. The maximum Gasteiger partial charge on any atom is 0.168 e. The number of rotatable bonds is 4. The third-order valence-corrected chi connectivity index (χ3v) is 2.07. The van der Waals surface area contributed by atoms with Crippen molar-refractivity contribution in [2.24, 2.45) is 0 Å². The molecule has 4 heteroatoms. The Kier molecular flexibility index (Phi) is 3.33. The fourth-order valence-electron chi connectivity index (χ4n) is 1.27. The molecule has 0 saturated carbocycles. The average Bonchev–Trinajstić information content (AvgIpc) is 2.38. The van der Waals surface area contributed by atoms with Gasteiger partial charge in [-0.2, -0.15) is 0 Å². The van der Waals surface area contributed by atoms with Crippen LogP contribution in [-0.4, -0.2) is 17.0 Å². The van der Waals surface area contributed by atoms with Crippen molar-refractivity contribution in [3.8, 4) is 5.75 Å². The number of anilines is 1. The molecule has 0 aliphatic carbocycles. The zero-order valence-electron chi connectivity index (χ0n) is 9.05. The number of nitrogens with one attached hydrogen (secondary N) is 1. The van der Waals surface area contributed by atoms with Crippen LogP contribution in [0.15, 0.2) is 42.6 Å². The molecule has 0 bridgehead atoms.